The summed E-state index contributed by atoms with van der Waals surface area (Å²) in [6.45, 7) is 0. The maximum absolute atomic E-state index is 4.42. The van der Waals surface area contributed by atoms with Gasteiger partial charge in [-0.25, -0.2) is 4.68 Å². The molecule has 0 atom stereocenters. The van der Waals surface area contributed by atoms with E-state index in [4.69, 9.17) is 0 Å². The van der Waals surface area contributed by atoms with Crippen LogP contribution in [0.25, 0.3) is 27.8 Å². The molecule has 4 rings (SSSR count). The zero-order valence-corrected chi connectivity index (χ0v) is 11.2. The van der Waals surface area contributed by atoms with Crippen molar-refractivity contribution in [2.24, 2.45) is 0 Å². The average Bonchev–Trinajstić information content (AvgIpc) is 3.09. The van der Waals surface area contributed by atoms with Crippen LogP contribution >= 0.6 is 0 Å². The van der Waals surface area contributed by atoms with E-state index in [9.17, 15) is 0 Å². The van der Waals surface area contributed by atoms with Gasteiger partial charge in [0.15, 0.2) is 5.82 Å². The summed E-state index contributed by atoms with van der Waals surface area (Å²) in [6, 6.07) is 20.1. The SMILES string of the molecule is c1ccc(-c2nnc(-n3cccn3)c3ccccc23)cc1. The van der Waals surface area contributed by atoms with E-state index in [2.05, 4.69) is 21.4 Å². The summed E-state index contributed by atoms with van der Waals surface area (Å²) in [4.78, 5) is 0. The van der Waals surface area contributed by atoms with Gasteiger partial charge in [0, 0.05) is 28.7 Å². The van der Waals surface area contributed by atoms with Crippen LogP contribution in [0.15, 0.2) is 73.1 Å². The van der Waals surface area contributed by atoms with E-state index in [0.717, 1.165) is 27.8 Å². The molecule has 2 aromatic carbocycles. The Labute approximate surface area is 121 Å². The minimum Gasteiger partial charge on any atom is -0.220 e. The van der Waals surface area contributed by atoms with Crippen LogP contribution in [0.2, 0.25) is 0 Å². The Bertz CT molecular complexity index is 883. The van der Waals surface area contributed by atoms with Crippen molar-refractivity contribution in [1.82, 2.24) is 20.0 Å². The number of fused-ring (bicyclic) bond motifs is 1. The van der Waals surface area contributed by atoms with E-state index in [-0.39, 0.29) is 0 Å². The predicted octanol–water partition coefficient (Wildman–Crippen LogP) is 3.48. The Kier molecular flexibility index (Phi) is 2.71. The van der Waals surface area contributed by atoms with Gasteiger partial charge < -0.3 is 0 Å². The Morgan fingerprint density at radius 3 is 2.24 bits per heavy atom. The molecule has 0 amide bonds. The number of hydrogen-bond acceptors (Lipinski definition) is 3. The summed E-state index contributed by atoms with van der Waals surface area (Å²) >= 11 is 0. The second-order valence-corrected chi connectivity index (χ2v) is 4.73. The van der Waals surface area contributed by atoms with E-state index < -0.39 is 0 Å². The summed E-state index contributed by atoms with van der Waals surface area (Å²) in [5.74, 6) is 0.746. The molecule has 0 aliphatic carbocycles. The van der Waals surface area contributed by atoms with Crippen LogP contribution in [-0.4, -0.2) is 20.0 Å². The van der Waals surface area contributed by atoms with E-state index in [1.807, 2.05) is 60.8 Å². The lowest BCUT2D eigenvalue weighted by Gasteiger charge is -2.09. The maximum Gasteiger partial charge on any atom is 0.183 e. The Balaban J connectivity index is 2.02. The van der Waals surface area contributed by atoms with Crippen LogP contribution in [0.5, 0.6) is 0 Å². The van der Waals surface area contributed by atoms with Gasteiger partial charge in [-0.1, -0.05) is 54.6 Å². The molecular weight excluding hydrogens is 260 g/mol. The quantitative estimate of drug-likeness (QED) is 0.561. The van der Waals surface area contributed by atoms with Gasteiger partial charge in [0.1, 0.15) is 5.69 Å². The van der Waals surface area contributed by atoms with Crippen molar-refractivity contribution in [2.45, 2.75) is 0 Å². The van der Waals surface area contributed by atoms with Crippen molar-refractivity contribution in [2.75, 3.05) is 0 Å². The second kappa shape index (κ2) is 4.83. The fraction of sp³-hybridized carbons (Fsp3) is 0. The summed E-state index contributed by atoms with van der Waals surface area (Å²) in [5, 5.41) is 15.2. The number of hydrogen-bond donors (Lipinski definition) is 0. The minimum atomic E-state index is 0.746. The van der Waals surface area contributed by atoms with E-state index in [0.29, 0.717) is 0 Å². The van der Waals surface area contributed by atoms with Crippen molar-refractivity contribution in [3.8, 4) is 17.1 Å². The first-order valence-electron chi connectivity index (χ1n) is 6.74. The molecular formula is C17H12N4. The van der Waals surface area contributed by atoms with Gasteiger partial charge in [-0.2, -0.15) is 5.10 Å². The first-order valence-corrected chi connectivity index (χ1v) is 6.74. The van der Waals surface area contributed by atoms with Crippen molar-refractivity contribution in [3.63, 3.8) is 0 Å². The van der Waals surface area contributed by atoms with Crippen LogP contribution < -0.4 is 0 Å². The smallest absolute Gasteiger partial charge is 0.183 e. The average molecular weight is 272 g/mol. The zero-order chi connectivity index (χ0) is 14.1. The van der Waals surface area contributed by atoms with Crippen molar-refractivity contribution >= 4 is 10.8 Å². The normalized spacial score (nSPS) is 10.9. The highest BCUT2D eigenvalue weighted by Gasteiger charge is 2.11. The van der Waals surface area contributed by atoms with Crippen LogP contribution in [-0.2, 0) is 0 Å². The molecule has 2 heterocycles. The fourth-order valence-corrected chi connectivity index (χ4v) is 2.46. The van der Waals surface area contributed by atoms with Gasteiger partial charge in [-0.15, -0.1) is 10.2 Å². The first kappa shape index (κ1) is 11.8. The van der Waals surface area contributed by atoms with Crippen LogP contribution in [0.4, 0.5) is 0 Å². The molecule has 0 unspecified atom stereocenters. The molecule has 0 fully saturated rings. The third kappa shape index (κ3) is 1.97. The monoisotopic (exact) mass is 272 g/mol. The molecule has 0 aliphatic heterocycles. The highest BCUT2D eigenvalue weighted by Crippen LogP contribution is 2.28. The third-order valence-corrected chi connectivity index (χ3v) is 3.44. The number of benzene rings is 2. The summed E-state index contributed by atoms with van der Waals surface area (Å²) in [7, 11) is 0. The lowest BCUT2D eigenvalue weighted by molar-refractivity contribution is 0.827. The number of rotatable bonds is 2. The maximum atomic E-state index is 4.42. The molecule has 0 bridgehead atoms. The lowest BCUT2D eigenvalue weighted by Crippen LogP contribution is -2.02. The van der Waals surface area contributed by atoms with Gasteiger partial charge in [0.05, 0.1) is 0 Å². The van der Waals surface area contributed by atoms with E-state index in [1.54, 1.807) is 10.9 Å². The third-order valence-electron chi connectivity index (χ3n) is 3.44. The molecule has 2 aromatic heterocycles. The summed E-state index contributed by atoms with van der Waals surface area (Å²) in [5.41, 5.74) is 1.95. The van der Waals surface area contributed by atoms with Crippen LogP contribution in [0.1, 0.15) is 0 Å². The molecule has 21 heavy (non-hydrogen) atoms. The standard InChI is InChI=1S/C17H12N4/c1-2-7-13(8-3-1)16-14-9-4-5-10-15(14)17(20-19-16)21-12-6-11-18-21/h1-12H. The van der Waals surface area contributed by atoms with Crippen molar-refractivity contribution in [3.05, 3.63) is 73.1 Å². The number of aromatic nitrogens is 4. The second-order valence-electron chi connectivity index (χ2n) is 4.73. The molecule has 0 radical (unpaired) electrons. The Morgan fingerprint density at radius 1 is 0.714 bits per heavy atom. The molecule has 0 spiro atoms. The molecule has 4 aromatic rings. The molecule has 4 nitrogen and oxygen atoms in total. The highest BCUT2D eigenvalue weighted by molar-refractivity contribution is 5.97. The van der Waals surface area contributed by atoms with Gasteiger partial charge in [0.2, 0.25) is 0 Å². The summed E-state index contributed by atoms with van der Waals surface area (Å²) < 4.78 is 1.74. The van der Waals surface area contributed by atoms with Gasteiger partial charge >= 0.3 is 0 Å². The molecule has 4 heteroatoms. The molecule has 100 valence electrons. The number of nitrogens with zero attached hydrogens (tertiary/aromatic N) is 4. The predicted molar refractivity (Wildman–Crippen MR) is 82.1 cm³/mol. The van der Waals surface area contributed by atoms with Crippen LogP contribution in [0.3, 0.4) is 0 Å². The van der Waals surface area contributed by atoms with Crippen molar-refractivity contribution in [1.29, 1.82) is 0 Å². The fourth-order valence-electron chi connectivity index (χ4n) is 2.46. The zero-order valence-electron chi connectivity index (χ0n) is 11.2. The molecule has 0 aliphatic rings. The van der Waals surface area contributed by atoms with Crippen molar-refractivity contribution < 1.29 is 0 Å². The topological polar surface area (TPSA) is 43.6 Å². The van der Waals surface area contributed by atoms with Crippen LogP contribution in [0, 0.1) is 0 Å². The minimum absolute atomic E-state index is 0.746. The van der Waals surface area contributed by atoms with Gasteiger partial charge in [-0.05, 0) is 6.07 Å². The van der Waals surface area contributed by atoms with Gasteiger partial charge in [-0.3, -0.25) is 0 Å². The Morgan fingerprint density at radius 2 is 1.48 bits per heavy atom. The lowest BCUT2D eigenvalue weighted by atomic mass is 10.0. The van der Waals surface area contributed by atoms with Gasteiger partial charge in [0.25, 0.3) is 0 Å². The van der Waals surface area contributed by atoms with E-state index >= 15 is 0 Å². The molecule has 0 saturated carbocycles. The molecule has 0 N–H and O–H groups in total. The first-order chi connectivity index (χ1) is 10.4. The Hall–Kier alpha value is -3.01. The largest absolute Gasteiger partial charge is 0.220 e. The molecule has 0 saturated heterocycles. The van der Waals surface area contributed by atoms with E-state index in [1.165, 1.54) is 0 Å². The highest BCUT2D eigenvalue weighted by atomic mass is 15.3. The summed E-state index contributed by atoms with van der Waals surface area (Å²) in [6.07, 6.45) is 3.61.